The summed E-state index contributed by atoms with van der Waals surface area (Å²) in [5.74, 6) is -1.04. The van der Waals surface area contributed by atoms with Crippen LogP contribution < -0.4 is 5.73 Å². The maximum atomic E-state index is 11.8. The van der Waals surface area contributed by atoms with E-state index in [1.807, 2.05) is 13.8 Å². The van der Waals surface area contributed by atoms with E-state index in [2.05, 4.69) is 88.5 Å². The molecule has 0 bridgehead atoms. The van der Waals surface area contributed by atoms with Gasteiger partial charge in [0.15, 0.2) is 0 Å². The van der Waals surface area contributed by atoms with Gasteiger partial charge in [-0.15, -0.1) is 0 Å². The van der Waals surface area contributed by atoms with Gasteiger partial charge in [-0.05, 0) is 110 Å². The number of ether oxygens (including phenoxy) is 4. The van der Waals surface area contributed by atoms with Crippen LogP contribution in [0.5, 0.6) is 0 Å². The third kappa shape index (κ3) is 20.7. The van der Waals surface area contributed by atoms with Crippen molar-refractivity contribution in [3.05, 3.63) is 105 Å². The summed E-state index contributed by atoms with van der Waals surface area (Å²) in [5, 5.41) is 0. The number of nitrogens with two attached hydrogens (primary N) is 1. The van der Waals surface area contributed by atoms with Crippen molar-refractivity contribution in [2.45, 2.75) is 46.0 Å². The molecule has 0 aliphatic rings. The number of rotatable bonds is 21. The molecule has 0 rings (SSSR count). The Hall–Kier alpha value is -3.87. The summed E-state index contributed by atoms with van der Waals surface area (Å²) >= 11 is 0. The molecule has 0 saturated carbocycles. The standard InChI is InChI=1S/C36H45NO7S/c1-8-12-15-18-33(26-43-28-41-6)30(5)23-35(36(37)20-17-14-10-3)25-31(21-22-45(38,39)40)24-32(11-4)34(19-16-13-9-2)27-44-29-42-7/h30-32,35H,1-3,11,21-29,37H2,4-7H3,(H,38,39,40). The first-order valence-electron chi connectivity index (χ1n) is 14.3. The van der Waals surface area contributed by atoms with Gasteiger partial charge in [-0.1, -0.05) is 42.5 Å². The Morgan fingerprint density at radius 3 is 1.76 bits per heavy atom. The highest BCUT2D eigenvalue weighted by atomic mass is 32.2. The van der Waals surface area contributed by atoms with Crippen LogP contribution in [0.2, 0.25) is 0 Å². The Balaban J connectivity index is 6.87. The van der Waals surface area contributed by atoms with Crippen molar-refractivity contribution >= 4 is 10.1 Å². The summed E-state index contributed by atoms with van der Waals surface area (Å²) in [4.78, 5) is 0. The zero-order chi connectivity index (χ0) is 33.9. The van der Waals surface area contributed by atoms with Crippen molar-refractivity contribution in [1.29, 1.82) is 0 Å². The van der Waals surface area contributed by atoms with Crippen molar-refractivity contribution in [3.63, 3.8) is 0 Å². The molecule has 0 aliphatic carbocycles. The van der Waals surface area contributed by atoms with Gasteiger partial charge in [0.25, 0.3) is 10.1 Å². The summed E-state index contributed by atoms with van der Waals surface area (Å²) in [7, 11) is -1.15. The van der Waals surface area contributed by atoms with E-state index in [0.29, 0.717) is 31.4 Å². The largest absolute Gasteiger partial charge is 0.395 e. The van der Waals surface area contributed by atoms with Gasteiger partial charge in [0, 0.05) is 31.3 Å². The molecule has 4 unspecified atom stereocenters. The van der Waals surface area contributed by atoms with Gasteiger partial charge < -0.3 is 24.7 Å². The SMILES string of the molecule is C=C=C=C=C=C(COCOC)C(C)CC(CC(CCS(=O)(=O)O)CC(CC)C(=C=C=C=C=C)COCOC)C(N)=C=C=C=C=C. The van der Waals surface area contributed by atoms with Gasteiger partial charge in [-0.3, -0.25) is 4.55 Å². The van der Waals surface area contributed by atoms with Gasteiger partial charge in [0.05, 0.1) is 24.7 Å². The Bertz CT molecular complexity index is 1550. The van der Waals surface area contributed by atoms with Crippen LogP contribution in [0.15, 0.2) is 105 Å². The molecule has 0 aromatic heterocycles. The van der Waals surface area contributed by atoms with E-state index in [4.69, 9.17) is 24.7 Å². The van der Waals surface area contributed by atoms with Crippen LogP contribution in [0.1, 0.15) is 46.0 Å². The average Bonchev–Trinajstić information content (AvgIpc) is 3.00. The van der Waals surface area contributed by atoms with Crippen molar-refractivity contribution < 1.29 is 31.9 Å². The summed E-state index contributed by atoms with van der Waals surface area (Å²) in [5.41, 5.74) is 41.3. The van der Waals surface area contributed by atoms with Crippen LogP contribution in [-0.4, -0.2) is 59.7 Å². The predicted molar refractivity (Wildman–Crippen MR) is 174 cm³/mol. The van der Waals surface area contributed by atoms with E-state index in [1.54, 1.807) is 0 Å². The highest BCUT2D eigenvalue weighted by Crippen LogP contribution is 2.34. The van der Waals surface area contributed by atoms with Crippen molar-refractivity contribution in [1.82, 2.24) is 0 Å². The predicted octanol–water partition coefficient (Wildman–Crippen LogP) is 6.02. The molecule has 0 radical (unpaired) electrons. The second-order valence-corrected chi connectivity index (χ2v) is 11.6. The van der Waals surface area contributed by atoms with E-state index in [-0.39, 0.29) is 56.9 Å². The molecule has 0 fully saturated rings. The lowest BCUT2D eigenvalue weighted by Crippen LogP contribution is -2.23. The topological polar surface area (TPSA) is 117 Å². The van der Waals surface area contributed by atoms with E-state index in [1.165, 1.54) is 14.2 Å². The first-order chi connectivity index (χ1) is 21.6. The van der Waals surface area contributed by atoms with E-state index in [0.717, 1.165) is 11.1 Å². The van der Waals surface area contributed by atoms with E-state index in [9.17, 15) is 13.0 Å². The number of hydrogen-bond acceptors (Lipinski definition) is 7. The van der Waals surface area contributed by atoms with Crippen LogP contribution in [0.3, 0.4) is 0 Å². The van der Waals surface area contributed by atoms with Crippen LogP contribution in [0, 0.1) is 23.7 Å². The normalized spacial score (nSPS) is 12.5. The summed E-state index contributed by atoms with van der Waals surface area (Å²) < 4.78 is 54.5. The third-order valence-electron chi connectivity index (χ3n) is 6.70. The smallest absolute Gasteiger partial charge is 0.264 e. The van der Waals surface area contributed by atoms with Crippen LogP contribution in [-0.2, 0) is 29.1 Å². The first kappa shape index (κ1) is 41.1. The molecule has 9 heteroatoms. The van der Waals surface area contributed by atoms with Crippen molar-refractivity contribution in [2.24, 2.45) is 29.4 Å². The molecular weight excluding hydrogens is 590 g/mol. The van der Waals surface area contributed by atoms with E-state index >= 15 is 0 Å². The highest BCUT2D eigenvalue weighted by molar-refractivity contribution is 7.85. The molecule has 0 aromatic carbocycles. The Kier molecular flexibility index (Phi) is 23.3. The lowest BCUT2D eigenvalue weighted by atomic mass is 9.78. The van der Waals surface area contributed by atoms with Crippen LogP contribution >= 0.6 is 0 Å². The summed E-state index contributed by atoms with van der Waals surface area (Å²) in [6.45, 7) is 15.1. The van der Waals surface area contributed by atoms with Gasteiger partial charge in [0.2, 0.25) is 0 Å². The molecule has 0 spiro atoms. The van der Waals surface area contributed by atoms with E-state index < -0.39 is 15.9 Å². The van der Waals surface area contributed by atoms with Gasteiger partial charge in [-0.25, -0.2) is 0 Å². The molecule has 3 N–H and O–H groups in total. The Morgan fingerprint density at radius 2 is 1.27 bits per heavy atom. The minimum atomic E-state index is -4.21. The van der Waals surface area contributed by atoms with Gasteiger partial charge in [-0.2, -0.15) is 8.42 Å². The molecular formula is C36H45NO7S. The molecule has 0 aliphatic heterocycles. The molecule has 0 saturated heterocycles. The molecule has 8 nitrogen and oxygen atoms in total. The highest BCUT2D eigenvalue weighted by Gasteiger charge is 2.27. The zero-order valence-corrected chi connectivity index (χ0v) is 27.7. The van der Waals surface area contributed by atoms with Crippen LogP contribution in [0.25, 0.3) is 0 Å². The van der Waals surface area contributed by atoms with Gasteiger partial charge in [0.1, 0.15) is 13.6 Å². The fourth-order valence-electron chi connectivity index (χ4n) is 4.52. The molecule has 4 atom stereocenters. The summed E-state index contributed by atoms with van der Waals surface area (Å²) in [6.07, 6.45) is 2.47. The van der Waals surface area contributed by atoms with Crippen molar-refractivity contribution in [3.8, 4) is 0 Å². The zero-order valence-electron chi connectivity index (χ0n) is 26.9. The number of hydrogen-bond donors (Lipinski definition) is 2. The number of methoxy groups -OCH3 is 2. The minimum Gasteiger partial charge on any atom is -0.395 e. The molecule has 45 heavy (non-hydrogen) atoms. The fourth-order valence-corrected chi connectivity index (χ4v) is 5.15. The Morgan fingerprint density at radius 1 is 0.778 bits per heavy atom. The maximum absolute atomic E-state index is 11.8. The minimum absolute atomic E-state index is 0.0635. The lowest BCUT2D eigenvalue weighted by molar-refractivity contribution is -0.0233. The molecule has 0 amide bonds. The maximum Gasteiger partial charge on any atom is 0.264 e. The lowest BCUT2D eigenvalue weighted by Gasteiger charge is -2.29. The number of allylic oxidation sites excluding steroid dienone is 1. The fraction of sp³-hybridized carbons (Fsp3) is 0.500. The van der Waals surface area contributed by atoms with Crippen molar-refractivity contribution in [2.75, 3.05) is 46.8 Å². The Labute approximate surface area is 269 Å². The summed E-state index contributed by atoms with van der Waals surface area (Å²) in [6, 6.07) is 0. The van der Waals surface area contributed by atoms with Crippen LogP contribution in [0.4, 0.5) is 0 Å². The second kappa shape index (κ2) is 25.5. The van der Waals surface area contributed by atoms with Gasteiger partial charge >= 0.3 is 0 Å². The monoisotopic (exact) mass is 635 g/mol. The molecule has 242 valence electrons. The quantitative estimate of drug-likeness (QED) is 0.0681. The second-order valence-electron chi connectivity index (χ2n) is 10.0. The molecule has 0 aromatic rings. The molecule has 0 heterocycles. The third-order valence-corrected chi connectivity index (χ3v) is 7.45. The average molecular weight is 636 g/mol. The first-order valence-corrected chi connectivity index (χ1v) is 15.9.